The molecule has 0 saturated heterocycles. The average Bonchev–Trinajstić information content (AvgIpc) is 2.85. The fourth-order valence-corrected chi connectivity index (χ4v) is 4.20. The highest BCUT2D eigenvalue weighted by Gasteiger charge is 2.16. The van der Waals surface area contributed by atoms with Gasteiger partial charge in [0.1, 0.15) is 11.6 Å². The Balaban J connectivity index is 1.77. The van der Waals surface area contributed by atoms with E-state index in [1.54, 1.807) is 24.3 Å². The second kappa shape index (κ2) is 12.9. The quantitative estimate of drug-likeness (QED) is 0.172. The van der Waals surface area contributed by atoms with Gasteiger partial charge >= 0.3 is 0 Å². The van der Waals surface area contributed by atoms with Gasteiger partial charge < -0.3 is 20.1 Å². The minimum atomic E-state index is -0.511. The van der Waals surface area contributed by atoms with Crippen LogP contribution in [-0.2, 0) is 9.59 Å². The topological polar surface area (TPSA) is 100 Å². The molecule has 0 fully saturated rings. The van der Waals surface area contributed by atoms with Crippen LogP contribution in [0.3, 0.4) is 0 Å². The van der Waals surface area contributed by atoms with E-state index in [-0.39, 0.29) is 18.1 Å². The number of hydrogen-bond acceptors (Lipinski definition) is 5. The summed E-state index contributed by atoms with van der Waals surface area (Å²) in [6.07, 6.45) is 1.49. The van der Waals surface area contributed by atoms with Crippen molar-refractivity contribution >= 4 is 51.9 Å². The van der Waals surface area contributed by atoms with Gasteiger partial charge in [-0.05, 0) is 103 Å². The smallest absolute Gasteiger partial charge is 0.266 e. The van der Waals surface area contributed by atoms with Gasteiger partial charge in [0, 0.05) is 11.4 Å². The molecular formula is C29H28IN3O4. The van der Waals surface area contributed by atoms with Gasteiger partial charge in [-0.15, -0.1) is 0 Å². The normalized spacial score (nSPS) is 10.9. The van der Waals surface area contributed by atoms with Crippen LogP contribution in [-0.4, -0.2) is 25.0 Å². The number of halogens is 1. The first-order chi connectivity index (χ1) is 17.7. The predicted molar refractivity (Wildman–Crippen MR) is 154 cm³/mol. The lowest BCUT2D eigenvalue weighted by atomic mass is 10.1. The molecule has 0 aromatic heterocycles. The van der Waals surface area contributed by atoms with E-state index in [4.69, 9.17) is 9.47 Å². The molecule has 37 heavy (non-hydrogen) atoms. The molecule has 3 aromatic rings. The number of benzene rings is 3. The first-order valence-corrected chi connectivity index (χ1v) is 12.7. The second-order valence-corrected chi connectivity index (χ2v) is 9.57. The molecule has 8 heteroatoms. The van der Waals surface area contributed by atoms with Crippen LogP contribution in [0, 0.1) is 35.7 Å². The number of hydrogen-bond donors (Lipinski definition) is 2. The van der Waals surface area contributed by atoms with Gasteiger partial charge in [-0.1, -0.05) is 29.8 Å². The summed E-state index contributed by atoms with van der Waals surface area (Å²) in [6, 6.07) is 18.6. The summed E-state index contributed by atoms with van der Waals surface area (Å²) < 4.78 is 12.3. The molecule has 0 saturated carbocycles. The zero-order chi connectivity index (χ0) is 26.9. The molecule has 0 aliphatic rings. The number of ether oxygens (including phenoxy) is 2. The predicted octanol–water partition coefficient (Wildman–Crippen LogP) is 6.18. The van der Waals surface area contributed by atoms with Gasteiger partial charge in [0.25, 0.3) is 11.8 Å². The summed E-state index contributed by atoms with van der Waals surface area (Å²) in [5, 5.41) is 15.2. The van der Waals surface area contributed by atoms with E-state index in [2.05, 4.69) is 33.2 Å². The Labute approximate surface area is 230 Å². The highest BCUT2D eigenvalue weighted by Crippen LogP contribution is 2.35. The molecule has 2 amide bonds. The first-order valence-electron chi connectivity index (χ1n) is 11.7. The van der Waals surface area contributed by atoms with E-state index in [1.165, 1.54) is 6.08 Å². The molecule has 0 bridgehead atoms. The molecular weight excluding hydrogens is 581 g/mol. The SMILES string of the molecule is CCOc1cc(/C=C(/C#N)C(=O)Nc2ccc(C)cc2)cc(I)c1OCC(=O)Nc1cc(C)ccc1C. The molecule has 190 valence electrons. The molecule has 0 atom stereocenters. The number of carbonyl (C=O) groups excluding carboxylic acids is 2. The van der Waals surface area contributed by atoms with Crippen molar-refractivity contribution in [2.45, 2.75) is 27.7 Å². The van der Waals surface area contributed by atoms with Crippen LogP contribution in [0.1, 0.15) is 29.2 Å². The van der Waals surface area contributed by atoms with Gasteiger partial charge in [0.2, 0.25) is 0 Å². The van der Waals surface area contributed by atoms with Crippen LogP contribution in [0.2, 0.25) is 0 Å². The molecule has 3 aromatic carbocycles. The molecule has 0 radical (unpaired) electrons. The van der Waals surface area contributed by atoms with Crippen LogP contribution < -0.4 is 20.1 Å². The fourth-order valence-electron chi connectivity index (χ4n) is 3.42. The van der Waals surface area contributed by atoms with Gasteiger partial charge in [-0.3, -0.25) is 9.59 Å². The number of rotatable bonds is 9. The van der Waals surface area contributed by atoms with Crippen LogP contribution in [0.5, 0.6) is 11.5 Å². The molecule has 3 rings (SSSR count). The van der Waals surface area contributed by atoms with Gasteiger partial charge in [0.15, 0.2) is 18.1 Å². The maximum Gasteiger partial charge on any atom is 0.266 e. The van der Waals surface area contributed by atoms with Crippen molar-refractivity contribution in [3.63, 3.8) is 0 Å². The highest BCUT2D eigenvalue weighted by atomic mass is 127. The Morgan fingerprint density at radius 2 is 1.68 bits per heavy atom. The van der Waals surface area contributed by atoms with Gasteiger partial charge in [-0.25, -0.2) is 0 Å². The zero-order valence-corrected chi connectivity index (χ0v) is 23.3. The average molecular weight is 609 g/mol. The van der Waals surface area contributed by atoms with Crippen molar-refractivity contribution in [2.75, 3.05) is 23.8 Å². The number of aryl methyl sites for hydroxylation is 3. The summed E-state index contributed by atoms with van der Waals surface area (Å²) in [7, 11) is 0. The molecule has 0 aliphatic carbocycles. The molecule has 7 nitrogen and oxygen atoms in total. The number of nitriles is 1. The first kappa shape index (κ1) is 27.7. The van der Waals surface area contributed by atoms with E-state index in [0.29, 0.717) is 32.9 Å². The van der Waals surface area contributed by atoms with Crippen LogP contribution in [0.4, 0.5) is 11.4 Å². The highest BCUT2D eigenvalue weighted by molar-refractivity contribution is 14.1. The Morgan fingerprint density at radius 3 is 2.35 bits per heavy atom. The summed E-state index contributed by atoms with van der Waals surface area (Å²) in [5.41, 5.74) is 4.95. The Bertz CT molecular complexity index is 1380. The van der Waals surface area contributed by atoms with Crippen LogP contribution >= 0.6 is 22.6 Å². The zero-order valence-electron chi connectivity index (χ0n) is 21.1. The number of nitrogens with one attached hydrogen (secondary N) is 2. The summed E-state index contributed by atoms with van der Waals surface area (Å²) in [4.78, 5) is 25.2. The third-order valence-corrected chi connectivity index (χ3v) is 6.13. The van der Waals surface area contributed by atoms with E-state index in [9.17, 15) is 14.9 Å². The summed E-state index contributed by atoms with van der Waals surface area (Å²) >= 11 is 2.08. The lowest BCUT2D eigenvalue weighted by molar-refractivity contribution is -0.118. The van der Waals surface area contributed by atoms with Crippen molar-refractivity contribution in [3.05, 3.63) is 86.0 Å². The standard InChI is InChI=1S/C29H28IN3O4/c1-5-36-26-15-21(13-22(16-31)29(35)32-23-10-7-18(2)8-11-23)14-24(30)28(26)37-17-27(34)33-25-12-19(3)6-9-20(25)4/h6-15H,5,17H2,1-4H3,(H,32,35)(H,33,34)/b22-13-. The number of nitrogens with zero attached hydrogens (tertiary/aromatic N) is 1. The van der Waals surface area contributed by atoms with Crippen molar-refractivity contribution in [1.82, 2.24) is 0 Å². The van der Waals surface area contributed by atoms with Crippen molar-refractivity contribution in [1.29, 1.82) is 5.26 Å². The number of anilines is 2. The maximum absolute atomic E-state index is 12.7. The maximum atomic E-state index is 12.7. The van der Waals surface area contributed by atoms with E-state index in [1.807, 2.05) is 64.1 Å². The number of amides is 2. The Kier molecular flexibility index (Phi) is 9.69. The van der Waals surface area contributed by atoms with Crippen LogP contribution in [0.15, 0.2) is 60.2 Å². The lowest BCUT2D eigenvalue weighted by Gasteiger charge is -2.15. The van der Waals surface area contributed by atoms with Gasteiger partial charge in [0.05, 0.1) is 10.2 Å². The monoisotopic (exact) mass is 609 g/mol. The van der Waals surface area contributed by atoms with E-state index >= 15 is 0 Å². The minimum Gasteiger partial charge on any atom is -0.490 e. The number of carbonyl (C=O) groups is 2. The summed E-state index contributed by atoms with van der Waals surface area (Å²) in [6.45, 7) is 7.84. The molecule has 0 spiro atoms. The van der Waals surface area contributed by atoms with Gasteiger partial charge in [-0.2, -0.15) is 5.26 Å². The van der Waals surface area contributed by atoms with Crippen molar-refractivity contribution in [3.8, 4) is 17.6 Å². The largest absolute Gasteiger partial charge is 0.490 e. The fraction of sp³-hybridized carbons (Fsp3) is 0.207. The Hall–Kier alpha value is -3.84. The third-order valence-electron chi connectivity index (χ3n) is 5.33. The lowest BCUT2D eigenvalue weighted by Crippen LogP contribution is -2.21. The third kappa shape index (κ3) is 7.82. The molecule has 0 heterocycles. The molecule has 0 unspecified atom stereocenters. The minimum absolute atomic E-state index is 0.0552. The summed E-state index contributed by atoms with van der Waals surface area (Å²) in [5.74, 6) is 0.0213. The van der Waals surface area contributed by atoms with E-state index in [0.717, 1.165) is 22.4 Å². The molecule has 2 N–H and O–H groups in total. The van der Waals surface area contributed by atoms with Crippen molar-refractivity contribution in [2.24, 2.45) is 0 Å². The Morgan fingerprint density at radius 1 is 0.973 bits per heavy atom. The van der Waals surface area contributed by atoms with Crippen LogP contribution in [0.25, 0.3) is 6.08 Å². The van der Waals surface area contributed by atoms with Crippen molar-refractivity contribution < 1.29 is 19.1 Å². The second-order valence-electron chi connectivity index (χ2n) is 8.41. The van der Waals surface area contributed by atoms with E-state index < -0.39 is 5.91 Å². The molecule has 0 aliphatic heterocycles.